The van der Waals surface area contributed by atoms with Gasteiger partial charge in [0.05, 0.1) is 7.11 Å². The molecule has 2 aliphatic heterocycles. The van der Waals surface area contributed by atoms with E-state index in [1.807, 2.05) is 0 Å². The Morgan fingerprint density at radius 2 is 1.95 bits per heavy atom. The SMILES string of the molecule is COC(=O)C1CSC2(CN(C(=O)OC(C)(C)C)C2)C1=O. The molecule has 1 atom stereocenters. The number of methoxy groups -OCH3 is 1. The van der Waals surface area contributed by atoms with Crippen LogP contribution in [0.15, 0.2) is 0 Å². The normalized spacial score (nSPS) is 24.5. The van der Waals surface area contributed by atoms with Gasteiger partial charge in [0.1, 0.15) is 16.3 Å². The summed E-state index contributed by atoms with van der Waals surface area (Å²) >= 11 is 1.43. The highest BCUT2D eigenvalue weighted by Crippen LogP contribution is 2.45. The smallest absolute Gasteiger partial charge is 0.410 e. The summed E-state index contributed by atoms with van der Waals surface area (Å²) in [6.07, 6.45) is -0.418. The first-order valence-electron chi connectivity index (χ1n) is 6.42. The first-order chi connectivity index (χ1) is 9.18. The van der Waals surface area contributed by atoms with Crippen molar-refractivity contribution in [3.05, 3.63) is 0 Å². The number of carbonyl (C=O) groups is 3. The molecule has 20 heavy (non-hydrogen) atoms. The summed E-state index contributed by atoms with van der Waals surface area (Å²) < 4.78 is 9.24. The number of hydrogen-bond donors (Lipinski definition) is 0. The Hall–Kier alpha value is -1.24. The number of amides is 1. The number of carbonyl (C=O) groups excluding carboxylic acids is 3. The van der Waals surface area contributed by atoms with Crippen molar-refractivity contribution in [2.45, 2.75) is 31.1 Å². The van der Waals surface area contributed by atoms with E-state index in [2.05, 4.69) is 4.74 Å². The first-order valence-corrected chi connectivity index (χ1v) is 7.41. The van der Waals surface area contributed by atoms with Gasteiger partial charge in [0, 0.05) is 18.8 Å². The van der Waals surface area contributed by atoms with Crippen LogP contribution in [0.3, 0.4) is 0 Å². The van der Waals surface area contributed by atoms with Crippen LogP contribution in [0.1, 0.15) is 20.8 Å². The molecule has 2 aliphatic rings. The van der Waals surface area contributed by atoms with Crippen molar-refractivity contribution >= 4 is 29.6 Å². The van der Waals surface area contributed by atoms with E-state index in [0.29, 0.717) is 18.8 Å². The summed E-state index contributed by atoms with van der Waals surface area (Å²) in [6, 6.07) is 0. The van der Waals surface area contributed by atoms with Crippen molar-refractivity contribution in [1.29, 1.82) is 0 Å². The van der Waals surface area contributed by atoms with Gasteiger partial charge in [-0.25, -0.2) is 4.79 Å². The topological polar surface area (TPSA) is 72.9 Å². The quantitative estimate of drug-likeness (QED) is 0.533. The zero-order valence-corrected chi connectivity index (χ0v) is 12.9. The van der Waals surface area contributed by atoms with Crippen molar-refractivity contribution in [3.8, 4) is 0 Å². The van der Waals surface area contributed by atoms with Crippen LogP contribution < -0.4 is 0 Å². The van der Waals surface area contributed by atoms with Gasteiger partial charge in [-0.05, 0) is 20.8 Å². The van der Waals surface area contributed by atoms with Crippen LogP contribution >= 0.6 is 11.8 Å². The summed E-state index contributed by atoms with van der Waals surface area (Å²) in [5.74, 6) is -0.900. The molecule has 6 nitrogen and oxygen atoms in total. The van der Waals surface area contributed by atoms with Crippen molar-refractivity contribution in [2.75, 3.05) is 26.0 Å². The second-order valence-electron chi connectivity index (χ2n) is 6.08. The van der Waals surface area contributed by atoms with Crippen LogP contribution in [0.2, 0.25) is 0 Å². The number of thioether (sulfide) groups is 1. The van der Waals surface area contributed by atoms with E-state index >= 15 is 0 Å². The third kappa shape index (κ3) is 2.63. The summed E-state index contributed by atoms with van der Waals surface area (Å²) in [6.45, 7) is 5.99. The minimum Gasteiger partial charge on any atom is -0.468 e. The summed E-state index contributed by atoms with van der Waals surface area (Å²) in [7, 11) is 1.28. The molecular formula is C13H19NO5S. The monoisotopic (exact) mass is 301 g/mol. The van der Waals surface area contributed by atoms with Crippen LogP contribution in [0, 0.1) is 5.92 Å². The standard InChI is InChI=1S/C13H19NO5S/c1-12(2,3)19-11(17)14-6-13(7-14)9(15)8(5-20-13)10(16)18-4/h8H,5-7H2,1-4H3. The van der Waals surface area contributed by atoms with Crippen LogP contribution in [0.5, 0.6) is 0 Å². The number of Topliss-reactive ketones (excluding diaryl/α,β-unsaturated/α-hetero) is 1. The lowest BCUT2D eigenvalue weighted by molar-refractivity contribution is -0.149. The van der Waals surface area contributed by atoms with E-state index in [4.69, 9.17) is 4.74 Å². The predicted octanol–water partition coefficient (Wildman–Crippen LogP) is 1.08. The van der Waals surface area contributed by atoms with Gasteiger partial charge in [-0.3, -0.25) is 9.59 Å². The van der Waals surface area contributed by atoms with Crippen molar-refractivity contribution in [3.63, 3.8) is 0 Å². The predicted molar refractivity (Wildman–Crippen MR) is 73.5 cm³/mol. The number of nitrogens with zero attached hydrogens (tertiary/aromatic N) is 1. The van der Waals surface area contributed by atoms with Crippen LogP contribution in [0.25, 0.3) is 0 Å². The van der Waals surface area contributed by atoms with Gasteiger partial charge in [-0.2, -0.15) is 0 Å². The van der Waals surface area contributed by atoms with E-state index in [0.717, 1.165) is 0 Å². The maximum atomic E-state index is 12.3. The lowest BCUT2D eigenvalue weighted by Crippen LogP contribution is -2.65. The second kappa shape index (κ2) is 4.95. The molecule has 0 saturated carbocycles. The molecule has 0 aromatic heterocycles. The molecule has 7 heteroatoms. The fraction of sp³-hybridized carbons (Fsp3) is 0.769. The summed E-state index contributed by atoms with van der Waals surface area (Å²) in [5.41, 5.74) is -0.554. The highest BCUT2D eigenvalue weighted by atomic mass is 32.2. The Labute approximate surface area is 122 Å². The average molecular weight is 301 g/mol. The molecular weight excluding hydrogens is 282 g/mol. The molecule has 0 aliphatic carbocycles. The number of ether oxygens (including phenoxy) is 2. The summed E-state index contributed by atoms with van der Waals surface area (Å²) in [5, 5.41) is 0. The minimum atomic E-state index is -0.703. The molecule has 0 aromatic carbocycles. The maximum Gasteiger partial charge on any atom is 0.410 e. The zero-order chi connectivity index (χ0) is 15.1. The van der Waals surface area contributed by atoms with Gasteiger partial charge in [0.25, 0.3) is 0 Å². The largest absolute Gasteiger partial charge is 0.468 e. The van der Waals surface area contributed by atoms with Crippen LogP contribution in [-0.2, 0) is 19.1 Å². The summed E-state index contributed by atoms with van der Waals surface area (Å²) in [4.78, 5) is 37.1. The fourth-order valence-corrected chi connectivity index (χ4v) is 3.85. The molecule has 112 valence electrons. The van der Waals surface area contributed by atoms with Gasteiger partial charge in [-0.1, -0.05) is 0 Å². The maximum absolute atomic E-state index is 12.3. The third-order valence-corrected chi connectivity index (χ3v) is 4.83. The van der Waals surface area contributed by atoms with Crippen molar-refractivity contribution in [1.82, 2.24) is 4.90 Å². The van der Waals surface area contributed by atoms with Gasteiger partial charge in [0.15, 0.2) is 5.78 Å². The number of likely N-dealkylation sites (tertiary alicyclic amines) is 1. The number of ketones is 1. The van der Waals surface area contributed by atoms with Gasteiger partial charge in [-0.15, -0.1) is 11.8 Å². The first kappa shape index (κ1) is 15.2. The third-order valence-electron chi connectivity index (χ3n) is 3.32. The Morgan fingerprint density at radius 1 is 1.35 bits per heavy atom. The average Bonchev–Trinajstić information content (AvgIpc) is 2.61. The second-order valence-corrected chi connectivity index (χ2v) is 7.49. The van der Waals surface area contributed by atoms with Crippen LogP contribution in [0.4, 0.5) is 4.79 Å². The van der Waals surface area contributed by atoms with E-state index in [-0.39, 0.29) is 5.78 Å². The molecule has 2 fully saturated rings. The molecule has 0 aromatic rings. The Morgan fingerprint density at radius 3 is 2.45 bits per heavy atom. The van der Waals surface area contributed by atoms with E-state index in [9.17, 15) is 14.4 Å². The number of hydrogen-bond acceptors (Lipinski definition) is 6. The Balaban J connectivity index is 1.94. The Bertz CT molecular complexity index is 450. The zero-order valence-electron chi connectivity index (χ0n) is 12.1. The molecule has 2 saturated heterocycles. The highest BCUT2D eigenvalue weighted by molar-refractivity contribution is 8.02. The molecule has 0 radical (unpaired) electrons. The van der Waals surface area contributed by atoms with Crippen molar-refractivity contribution < 1.29 is 23.9 Å². The van der Waals surface area contributed by atoms with E-state index in [1.54, 1.807) is 20.8 Å². The Kier molecular flexibility index (Phi) is 3.75. The van der Waals surface area contributed by atoms with Crippen LogP contribution in [-0.4, -0.2) is 59.0 Å². The fourth-order valence-electron chi connectivity index (χ4n) is 2.30. The lowest BCUT2D eigenvalue weighted by atomic mass is 9.88. The number of esters is 1. The lowest BCUT2D eigenvalue weighted by Gasteiger charge is -2.45. The molecule has 1 spiro atoms. The molecule has 1 unspecified atom stereocenters. The van der Waals surface area contributed by atoms with Gasteiger partial charge < -0.3 is 14.4 Å². The number of rotatable bonds is 1. The van der Waals surface area contributed by atoms with E-state index in [1.165, 1.54) is 23.8 Å². The molecule has 2 rings (SSSR count). The highest BCUT2D eigenvalue weighted by Gasteiger charge is 2.59. The van der Waals surface area contributed by atoms with Gasteiger partial charge in [0.2, 0.25) is 0 Å². The molecule has 0 bridgehead atoms. The molecule has 0 N–H and O–H groups in total. The van der Waals surface area contributed by atoms with Crippen molar-refractivity contribution in [2.24, 2.45) is 5.92 Å². The molecule has 1 amide bonds. The molecule has 2 heterocycles. The van der Waals surface area contributed by atoms with E-state index < -0.39 is 28.3 Å². The minimum absolute atomic E-state index is 0.130. The van der Waals surface area contributed by atoms with Gasteiger partial charge >= 0.3 is 12.1 Å².